The number of nitrogens with zero attached hydrogens (tertiary/aromatic N) is 1. The van der Waals surface area contributed by atoms with Crippen molar-refractivity contribution in [1.29, 1.82) is 0 Å². The van der Waals surface area contributed by atoms with Crippen LogP contribution in [0.25, 0.3) is 0 Å². The molecule has 0 aliphatic rings. The molecule has 0 aliphatic heterocycles. The van der Waals surface area contributed by atoms with Crippen molar-refractivity contribution >= 4 is 38.9 Å². The molecular weight excluding hydrogens is 540 g/mol. The maximum Gasteiger partial charge on any atom is 0.258 e. The highest BCUT2D eigenvalue weighted by Crippen LogP contribution is 2.38. The van der Waals surface area contributed by atoms with Crippen LogP contribution in [0.4, 0.5) is 11.4 Å². The zero-order valence-corrected chi connectivity index (χ0v) is 23.1. The topological polar surface area (TPSA) is 94.2 Å². The van der Waals surface area contributed by atoms with E-state index >= 15 is 0 Å². The number of para-hydroxylation sites is 3. The van der Waals surface area contributed by atoms with E-state index in [1.54, 1.807) is 60.7 Å². The fourth-order valence-corrected chi connectivity index (χ4v) is 4.88. The minimum atomic E-state index is -3.85. The van der Waals surface area contributed by atoms with Crippen LogP contribution in [0.5, 0.6) is 23.0 Å². The SMILES string of the molecule is COc1cc(C(=O)Nc2ccccc2Oc2ccccc2)c(N(Cc2ccc(Cl)cc2)S(C)(=O)=O)cc1OC. The van der Waals surface area contributed by atoms with Crippen molar-refractivity contribution in [3.05, 3.63) is 107 Å². The van der Waals surface area contributed by atoms with Gasteiger partial charge < -0.3 is 19.5 Å². The minimum Gasteiger partial charge on any atom is -0.493 e. The number of amides is 1. The number of carbonyl (C=O) groups is 1. The first-order chi connectivity index (χ1) is 18.7. The second kappa shape index (κ2) is 12.1. The Labute approximate surface area is 232 Å². The molecule has 39 heavy (non-hydrogen) atoms. The van der Waals surface area contributed by atoms with E-state index in [1.165, 1.54) is 26.4 Å². The Bertz CT molecular complexity index is 1560. The fraction of sp³-hybridized carbons (Fsp3) is 0.138. The molecule has 0 fully saturated rings. The highest BCUT2D eigenvalue weighted by Gasteiger charge is 2.27. The van der Waals surface area contributed by atoms with Crippen molar-refractivity contribution in [2.45, 2.75) is 6.54 Å². The highest BCUT2D eigenvalue weighted by molar-refractivity contribution is 7.92. The quantitative estimate of drug-likeness (QED) is 0.240. The van der Waals surface area contributed by atoms with Crippen LogP contribution in [-0.4, -0.2) is 34.8 Å². The Morgan fingerprint density at radius 3 is 2.10 bits per heavy atom. The van der Waals surface area contributed by atoms with Crippen LogP contribution in [0, 0.1) is 0 Å². The number of carbonyl (C=O) groups excluding carboxylic acids is 1. The molecule has 0 saturated carbocycles. The number of nitrogens with one attached hydrogen (secondary N) is 1. The third-order valence-electron chi connectivity index (χ3n) is 5.76. The first-order valence-electron chi connectivity index (χ1n) is 11.8. The predicted octanol–water partition coefficient (Wildman–Crippen LogP) is 6.37. The molecule has 0 saturated heterocycles. The number of anilines is 2. The summed E-state index contributed by atoms with van der Waals surface area (Å²) in [5.74, 6) is 0.971. The maximum absolute atomic E-state index is 13.7. The largest absolute Gasteiger partial charge is 0.493 e. The first kappa shape index (κ1) is 27.8. The van der Waals surface area contributed by atoms with E-state index < -0.39 is 15.9 Å². The second-order valence-electron chi connectivity index (χ2n) is 8.49. The molecule has 0 aliphatic carbocycles. The summed E-state index contributed by atoms with van der Waals surface area (Å²) in [6.07, 6.45) is 1.07. The van der Waals surface area contributed by atoms with Gasteiger partial charge in [-0.1, -0.05) is 54.1 Å². The summed E-state index contributed by atoms with van der Waals surface area (Å²) in [4.78, 5) is 13.7. The molecule has 0 heterocycles. The summed E-state index contributed by atoms with van der Waals surface area (Å²) in [6, 6.07) is 25.8. The van der Waals surface area contributed by atoms with Crippen molar-refractivity contribution in [3.8, 4) is 23.0 Å². The number of methoxy groups -OCH3 is 2. The smallest absolute Gasteiger partial charge is 0.258 e. The van der Waals surface area contributed by atoms with Gasteiger partial charge in [0.15, 0.2) is 17.2 Å². The van der Waals surface area contributed by atoms with E-state index in [2.05, 4.69) is 5.32 Å². The van der Waals surface area contributed by atoms with Crippen molar-refractivity contribution in [3.63, 3.8) is 0 Å². The number of benzene rings is 4. The molecule has 1 N–H and O–H groups in total. The zero-order valence-electron chi connectivity index (χ0n) is 21.6. The lowest BCUT2D eigenvalue weighted by Crippen LogP contribution is -2.31. The average Bonchev–Trinajstić information content (AvgIpc) is 2.93. The Hall–Kier alpha value is -4.21. The van der Waals surface area contributed by atoms with E-state index in [1.807, 2.05) is 18.2 Å². The molecule has 0 radical (unpaired) electrons. The first-order valence-corrected chi connectivity index (χ1v) is 14.0. The Morgan fingerprint density at radius 2 is 1.46 bits per heavy atom. The van der Waals surface area contributed by atoms with Gasteiger partial charge in [-0.3, -0.25) is 9.10 Å². The number of rotatable bonds is 10. The maximum atomic E-state index is 13.7. The zero-order chi connectivity index (χ0) is 28.0. The van der Waals surface area contributed by atoms with Gasteiger partial charge in [-0.2, -0.15) is 0 Å². The van der Waals surface area contributed by atoms with Gasteiger partial charge >= 0.3 is 0 Å². The molecule has 0 bridgehead atoms. The Morgan fingerprint density at radius 1 is 0.846 bits per heavy atom. The van der Waals surface area contributed by atoms with Gasteiger partial charge in [0.05, 0.1) is 44.0 Å². The lowest BCUT2D eigenvalue weighted by atomic mass is 10.1. The second-order valence-corrected chi connectivity index (χ2v) is 10.8. The molecule has 8 nitrogen and oxygen atoms in total. The van der Waals surface area contributed by atoms with Gasteiger partial charge in [0.2, 0.25) is 10.0 Å². The molecule has 4 aromatic carbocycles. The molecule has 0 aromatic heterocycles. The molecule has 0 unspecified atom stereocenters. The molecule has 202 valence electrons. The molecule has 0 spiro atoms. The summed E-state index contributed by atoms with van der Waals surface area (Å²) in [5.41, 5.74) is 1.24. The van der Waals surface area contributed by atoms with E-state index in [4.69, 9.17) is 25.8 Å². The third-order valence-corrected chi connectivity index (χ3v) is 7.14. The summed E-state index contributed by atoms with van der Waals surface area (Å²) in [7, 11) is -0.981. The normalized spacial score (nSPS) is 11.0. The molecule has 1 amide bonds. The number of hydrogen-bond donors (Lipinski definition) is 1. The van der Waals surface area contributed by atoms with E-state index in [0.717, 1.165) is 10.6 Å². The van der Waals surface area contributed by atoms with Crippen molar-refractivity contribution in [2.24, 2.45) is 0 Å². The van der Waals surface area contributed by atoms with Crippen LogP contribution in [0.15, 0.2) is 91.0 Å². The highest BCUT2D eigenvalue weighted by atomic mass is 35.5. The van der Waals surface area contributed by atoms with Gasteiger partial charge in [0, 0.05) is 11.1 Å². The van der Waals surface area contributed by atoms with Crippen LogP contribution in [0.2, 0.25) is 5.02 Å². The Balaban J connectivity index is 1.77. The summed E-state index contributed by atoms with van der Waals surface area (Å²) >= 11 is 6.01. The molecule has 4 rings (SSSR count). The third kappa shape index (κ3) is 6.81. The standard InChI is InChI=1S/C29H27ClN2O6S/c1-36-27-17-23(29(33)31-24-11-7-8-12-26(24)38-22-9-5-4-6-10-22)25(18-28(27)37-2)32(39(3,34)35)19-20-13-15-21(30)16-14-20/h4-18H,19H2,1-3H3,(H,31,33). The average molecular weight is 567 g/mol. The van der Waals surface area contributed by atoms with Crippen molar-refractivity contribution in [2.75, 3.05) is 30.1 Å². The number of halogens is 1. The van der Waals surface area contributed by atoms with Gasteiger partial charge in [-0.05, 0) is 48.0 Å². The van der Waals surface area contributed by atoms with Crippen LogP contribution >= 0.6 is 11.6 Å². The monoisotopic (exact) mass is 566 g/mol. The van der Waals surface area contributed by atoms with E-state index in [9.17, 15) is 13.2 Å². The number of ether oxygens (including phenoxy) is 3. The molecule has 4 aromatic rings. The predicted molar refractivity (Wildman–Crippen MR) is 153 cm³/mol. The molecular formula is C29H27ClN2O6S. The van der Waals surface area contributed by atoms with Crippen molar-refractivity contribution in [1.82, 2.24) is 0 Å². The fourth-order valence-electron chi connectivity index (χ4n) is 3.86. The van der Waals surface area contributed by atoms with Gasteiger partial charge in [-0.15, -0.1) is 0 Å². The van der Waals surface area contributed by atoms with Crippen LogP contribution in [0.1, 0.15) is 15.9 Å². The van der Waals surface area contributed by atoms with Crippen LogP contribution < -0.4 is 23.8 Å². The van der Waals surface area contributed by atoms with Gasteiger partial charge in [-0.25, -0.2) is 8.42 Å². The minimum absolute atomic E-state index is 0.0422. The summed E-state index contributed by atoms with van der Waals surface area (Å²) in [5, 5.41) is 3.38. The lowest BCUT2D eigenvalue weighted by Gasteiger charge is -2.26. The summed E-state index contributed by atoms with van der Waals surface area (Å²) < 4.78 is 44.0. The number of hydrogen-bond acceptors (Lipinski definition) is 6. The molecule has 10 heteroatoms. The van der Waals surface area contributed by atoms with E-state index in [0.29, 0.717) is 27.8 Å². The molecule has 0 atom stereocenters. The van der Waals surface area contributed by atoms with Gasteiger partial charge in [0.25, 0.3) is 5.91 Å². The number of sulfonamides is 1. The lowest BCUT2D eigenvalue weighted by molar-refractivity contribution is 0.102. The van der Waals surface area contributed by atoms with Crippen LogP contribution in [-0.2, 0) is 16.6 Å². The summed E-state index contributed by atoms with van der Waals surface area (Å²) in [6.45, 7) is -0.0422. The van der Waals surface area contributed by atoms with Gasteiger partial charge in [0.1, 0.15) is 5.75 Å². The van der Waals surface area contributed by atoms with Crippen LogP contribution in [0.3, 0.4) is 0 Å². The Kier molecular flexibility index (Phi) is 8.63. The van der Waals surface area contributed by atoms with Crippen molar-refractivity contribution < 1.29 is 27.4 Å². The van der Waals surface area contributed by atoms with E-state index in [-0.39, 0.29) is 29.3 Å².